The van der Waals surface area contributed by atoms with Crippen LogP contribution in [-0.4, -0.2) is 21.2 Å². The van der Waals surface area contributed by atoms with E-state index in [4.69, 9.17) is 0 Å². The highest BCUT2D eigenvalue weighted by Gasteiger charge is 2.08. The molecule has 1 aromatic heterocycles. The summed E-state index contributed by atoms with van der Waals surface area (Å²) >= 11 is 0. The normalized spacial score (nSPS) is 10.0. The van der Waals surface area contributed by atoms with E-state index in [1.165, 1.54) is 18.2 Å². The van der Waals surface area contributed by atoms with Gasteiger partial charge in [0.1, 0.15) is 11.6 Å². The lowest BCUT2D eigenvalue weighted by molar-refractivity contribution is 0.262. The molecule has 3 N–H and O–H groups in total. The number of aromatic amines is 1. The van der Waals surface area contributed by atoms with Crippen LogP contribution in [0.1, 0.15) is 5.82 Å². The third-order valence-corrected chi connectivity index (χ3v) is 1.94. The molecule has 2 aromatic rings. The predicted octanol–water partition coefficient (Wildman–Crippen LogP) is 1.90. The third kappa shape index (κ3) is 2.77. The van der Waals surface area contributed by atoms with Gasteiger partial charge in [-0.05, 0) is 19.1 Å². The summed E-state index contributed by atoms with van der Waals surface area (Å²) in [6, 6.07) is 5.27. The van der Waals surface area contributed by atoms with Crippen LogP contribution in [-0.2, 0) is 0 Å². The van der Waals surface area contributed by atoms with E-state index in [0.717, 1.165) is 0 Å². The first-order valence-electron chi connectivity index (χ1n) is 4.86. The number of aryl methyl sites for hydroxylation is 1. The first-order chi connectivity index (χ1) is 8.15. The number of nitrogens with zero attached hydrogens (tertiary/aromatic N) is 2. The molecular weight excluding hydrogens is 225 g/mol. The molecule has 0 aliphatic rings. The smallest absolute Gasteiger partial charge is 0.305 e. The second kappa shape index (κ2) is 4.60. The molecule has 0 aliphatic heterocycles. The lowest BCUT2D eigenvalue weighted by Crippen LogP contribution is -2.20. The number of hydrogen-bond acceptors (Lipinski definition) is 3. The van der Waals surface area contributed by atoms with Crippen molar-refractivity contribution in [2.24, 2.45) is 0 Å². The fourth-order valence-electron chi connectivity index (χ4n) is 1.22. The van der Waals surface area contributed by atoms with Gasteiger partial charge in [-0.1, -0.05) is 12.1 Å². The molecule has 1 heterocycles. The average Bonchev–Trinajstić information content (AvgIpc) is 2.67. The number of amides is 2. The van der Waals surface area contributed by atoms with E-state index >= 15 is 0 Å². The van der Waals surface area contributed by atoms with Crippen molar-refractivity contribution in [3.8, 4) is 0 Å². The fraction of sp³-hybridized carbons (Fsp3) is 0.100. The van der Waals surface area contributed by atoms with Crippen molar-refractivity contribution in [3.63, 3.8) is 0 Å². The second-order valence-corrected chi connectivity index (χ2v) is 3.30. The van der Waals surface area contributed by atoms with Crippen LogP contribution in [0.15, 0.2) is 24.3 Å². The quantitative estimate of drug-likeness (QED) is 0.743. The van der Waals surface area contributed by atoms with Crippen LogP contribution in [0, 0.1) is 12.7 Å². The number of halogens is 1. The standard InChI is InChI=1S/C10H10FN5O/c1-6-12-9(16-15-6)14-10(17)13-8-5-3-2-4-7(8)11/h2-5H,1H3,(H3,12,13,14,15,16,17). The van der Waals surface area contributed by atoms with Crippen molar-refractivity contribution in [2.45, 2.75) is 6.92 Å². The predicted molar refractivity (Wildman–Crippen MR) is 60.2 cm³/mol. The summed E-state index contributed by atoms with van der Waals surface area (Å²) in [5, 5.41) is 11.0. The number of H-pyrrole nitrogens is 1. The Morgan fingerprint density at radius 2 is 2.12 bits per heavy atom. The van der Waals surface area contributed by atoms with E-state index in [-0.39, 0.29) is 11.6 Å². The molecule has 0 unspecified atom stereocenters. The number of hydrogen-bond donors (Lipinski definition) is 3. The zero-order chi connectivity index (χ0) is 12.3. The summed E-state index contributed by atoms with van der Waals surface area (Å²) < 4.78 is 13.2. The molecule has 0 spiro atoms. The average molecular weight is 235 g/mol. The summed E-state index contributed by atoms with van der Waals surface area (Å²) in [5.41, 5.74) is 0.0947. The van der Waals surface area contributed by atoms with Crippen molar-refractivity contribution < 1.29 is 9.18 Å². The summed E-state index contributed by atoms with van der Waals surface area (Å²) in [6.07, 6.45) is 0. The number of para-hydroxylation sites is 1. The van der Waals surface area contributed by atoms with E-state index in [1.54, 1.807) is 13.0 Å². The molecule has 17 heavy (non-hydrogen) atoms. The first-order valence-corrected chi connectivity index (χ1v) is 4.86. The van der Waals surface area contributed by atoms with Crippen LogP contribution < -0.4 is 10.6 Å². The van der Waals surface area contributed by atoms with Crippen molar-refractivity contribution in [3.05, 3.63) is 35.9 Å². The highest BCUT2D eigenvalue weighted by atomic mass is 19.1. The van der Waals surface area contributed by atoms with Gasteiger partial charge >= 0.3 is 6.03 Å². The molecule has 1 aromatic carbocycles. The number of aromatic nitrogens is 3. The number of carbonyl (C=O) groups is 1. The topological polar surface area (TPSA) is 82.7 Å². The summed E-state index contributed by atoms with van der Waals surface area (Å²) in [5.74, 6) is 0.205. The highest BCUT2D eigenvalue weighted by Crippen LogP contribution is 2.12. The Kier molecular flexibility index (Phi) is 2.99. The molecule has 0 aliphatic carbocycles. The number of rotatable bonds is 2. The van der Waals surface area contributed by atoms with Crippen molar-refractivity contribution in [2.75, 3.05) is 10.6 Å². The van der Waals surface area contributed by atoms with Crippen LogP contribution in [0.2, 0.25) is 0 Å². The maximum absolute atomic E-state index is 13.2. The second-order valence-electron chi connectivity index (χ2n) is 3.30. The van der Waals surface area contributed by atoms with Gasteiger partial charge in [-0.3, -0.25) is 10.4 Å². The van der Waals surface area contributed by atoms with Crippen LogP contribution in [0.4, 0.5) is 20.8 Å². The van der Waals surface area contributed by atoms with Crippen LogP contribution in [0.25, 0.3) is 0 Å². The Hall–Kier alpha value is -2.44. The zero-order valence-corrected chi connectivity index (χ0v) is 8.99. The molecule has 7 heteroatoms. The van der Waals surface area contributed by atoms with Crippen LogP contribution in [0.5, 0.6) is 0 Å². The Morgan fingerprint density at radius 3 is 2.76 bits per heavy atom. The Labute approximate surface area is 96.3 Å². The number of benzene rings is 1. The van der Waals surface area contributed by atoms with E-state index in [2.05, 4.69) is 25.8 Å². The maximum atomic E-state index is 13.2. The molecule has 2 rings (SSSR count). The van der Waals surface area contributed by atoms with E-state index < -0.39 is 11.8 Å². The van der Waals surface area contributed by atoms with Crippen LogP contribution >= 0.6 is 0 Å². The van der Waals surface area contributed by atoms with Gasteiger partial charge in [0.25, 0.3) is 0 Å². The van der Waals surface area contributed by atoms with Gasteiger partial charge < -0.3 is 5.32 Å². The summed E-state index contributed by atoms with van der Waals surface area (Å²) in [7, 11) is 0. The molecule has 0 saturated carbocycles. The Morgan fingerprint density at radius 1 is 1.35 bits per heavy atom. The molecule has 0 atom stereocenters. The Bertz CT molecular complexity index is 539. The van der Waals surface area contributed by atoms with Gasteiger partial charge in [0, 0.05) is 0 Å². The fourth-order valence-corrected chi connectivity index (χ4v) is 1.22. The van der Waals surface area contributed by atoms with E-state index in [0.29, 0.717) is 5.82 Å². The first kappa shape index (κ1) is 11.1. The van der Waals surface area contributed by atoms with E-state index in [9.17, 15) is 9.18 Å². The molecule has 0 radical (unpaired) electrons. The molecule has 6 nitrogen and oxygen atoms in total. The third-order valence-electron chi connectivity index (χ3n) is 1.94. The van der Waals surface area contributed by atoms with Crippen molar-refractivity contribution >= 4 is 17.7 Å². The lowest BCUT2D eigenvalue weighted by Gasteiger charge is -2.05. The zero-order valence-electron chi connectivity index (χ0n) is 8.99. The Balaban J connectivity index is 2.01. The SMILES string of the molecule is Cc1nc(NC(=O)Nc2ccccc2F)n[nH]1. The number of urea groups is 1. The van der Waals surface area contributed by atoms with Gasteiger partial charge in [-0.15, -0.1) is 5.10 Å². The lowest BCUT2D eigenvalue weighted by atomic mass is 10.3. The highest BCUT2D eigenvalue weighted by molar-refractivity contribution is 5.98. The summed E-state index contributed by atoms with van der Waals surface area (Å²) in [6.45, 7) is 1.70. The molecule has 2 amide bonds. The monoisotopic (exact) mass is 235 g/mol. The minimum atomic E-state index is -0.603. The molecule has 0 fully saturated rings. The minimum absolute atomic E-state index is 0.0947. The maximum Gasteiger partial charge on any atom is 0.326 e. The molecular formula is C10H10FN5O. The summed E-state index contributed by atoms with van der Waals surface area (Å²) in [4.78, 5) is 15.3. The van der Waals surface area contributed by atoms with Crippen LogP contribution in [0.3, 0.4) is 0 Å². The minimum Gasteiger partial charge on any atom is -0.305 e. The number of nitrogens with one attached hydrogen (secondary N) is 3. The number of carbonyl (C=O) groups excluding carboxylic acids is 1. The van der Waals surface area contributed by atoms with Gasteiger partial charge in [0.2, 0.25) is 5.95 Å². The molecule has 0 saturated heterocycles. The van der Waals surface area contributed by atoms with Crippen molar-refractivity contribution in [1.29, 1.82) is 0 Å². The van der Waals surface area contributed by atoms with Crippen molar-refractivity contribution in [1.82, 2.24) is 15.2 Å². The molecule has 0 bridgehead atoms. The number of anilines is 2. The van der Waals surface area contributed by atoms with Gasteiger partial charge in [0.05, 0.1) is 5.69 Å². The van der Waals surface area contributed by atoms with E-state index in [1.807, 2.05) is 0 Å². The van der Waals surface area contributed by atoms with Gasteiger partial charge in [-0.25, -0.2) is 9.18 Å². The van der Waals surface area contributed by atoms with Gasteiger partial charge in [0.15, 0.2) is 0 Å². The van der Waals surface area contributed by atoms with Gasteiger partial charge in [-0.2, -0.15) is 4.98 Å². The largest absolute Gasteiger partial charge is 0.326 e. The molecule has 88 valence electrons.